The second kappa shape index (κ2) is 5.11. The van der Waals surface area contributed by atoms with Gasteiger partial charge in [-0.15, -0.1) is 0 Å². The molecule has 1 aliphatic heterocycles. The molecule has 0 saturated carbocycles. The molecule has 0 amide bonds. The normalized spacial score (nSPS) is 20.6. The third kappa shape index (κ3) is 2.53. The number of halogens is 1. The van der Waals surface area contributed by atoms with Crippen molar-refractivity contribution in [3.8, 4) is 6.07 Å². The summed E-state index contributed by atoms with van der Waals surface area (Å²) in [7, 11) is 0. The lowest BCUT2D eigenvalue weighted by Crippen LogP contribution is -2.36. The molecule has 1 aromatic rings. The first-order chi connectivity index (χ1) is 7.70. The van der Waals surface area contributed by atoms with E-state index in [1.54, 1.807) is 0 Å². The maximum absolute atomic E-state index is 8.82. The molecule has 0 spiro atoms. The van der Waals surface area contributed by atoms with Crippen molar-refractivity contribution in [2.45, 2.75) is 12.2 Å². The van der Waals surface area contributed by atoms with Crippen molar-refractivity contribution in [2.24, 2.45) is 0 Å². The number of nitriles is 1. The topological polar surface area (TPSA) is 27.0 Å². The molecule has 1 aromatic carbocycles. The van der Waals surface area contributed by atoms with Gasteiger partial charge < -0.3 is 4.90 Å². The van der Waals surface area contributed by atoms with Gasteiger partial charge in [0.05, 0.1) is 17.3 Å². The summed E-state index contributed by atoms with van der Waals surface area (Å²) in [4.78, 5) is 2.38. The van der Waals surface area contributed by atoms with E-state index in [0.717, 1.165) is 17.6 Å². The van der Waals surface area contributed by atoms with Gasteiger partial charge in [-0.3, -0.25) is 0 Å². The number of benzene rings is 1. The lowest BCUT2D eigenvalue weighted by molar-refractivity contribution is 0.781. The molecule has 2 rings (SSSR count). The van der Waals surface area contributed by atoms with E-state index in [1.165, 1.54) is 11.4 Å². The van der Waals surface area contributed by atoms with Gasteiger partial charge in [-0.05, 0) is 34.1 Å². The number of nitrogens with zero attached hydrogens (tertiary/aromatic N) is 2. The van der Waals surface area contributed by atoms with E-state index in [-0.39, 0.29) is 0 Å². The summed E-state index contributed by atoms with van der Waals surface area (Å²) in [5.74, 6) is 1.17. The van der Waals surface area contributed by atoms with Crippen LogP contribution in [0.4, 0.5) is 5.69 Å². The van der Waals surface area contributed by atoms with E-state index in [4.69, 9.17) is 5.26 Å². The van der Waals surface area contributed by atoms with Crippen LogP contribution in [0.5, 0.6) is 0 Å². The molecule has 1 aliphatic rings. The Morgan fingerprint density at radius 3 is 3.00 bits per heavy atom. The highest BCUT2D eigenvalue weighted by Gasteiger charge is 2.18. The van der Waals surface area contributed by atoms with Crippen molar-refractivity contribution in [3.63, 3.8) is 0 Å². The average Bonchev–Trinajstić information content (AvgIpc) is 2.28. The molecule has 0 bridgehead atoms. The van der Waals surface area contributed by atoms with Gasteiger partial charge in [-0.25, -0.2) is 0 Å². The van der Waals surface area contributed by atoms with Crippen molar-refractivity contribution in [1.29, 1.82) is 5.26 Å². The monoisotopic (exact) mass is 296 g/mol. The van der Waals surface area contributed by atoms with Crippen LogP contribution in [0.15, 0.2) is 22.7 Å². The Labute approximate surface area is 109 Å². The SMILES string of the molecule is CC1CN(c2ccc(C#N)cc2Br)CCS1. The molecule has 16 heavy (non-hydrogen) atoms. The lowest BCUT2D eigenvalue weighted by atomic mass is 10.2. The van der Waals surface area contributed by atoms with Crippen LogP contribution in [0.2, 0.25) is 0 Å². The van der Waals surface area contributed by atoms with Gasteiger partial charge in [0, 0.05) is 28.6 Å². The van der Waals surface area contributed by atoms with Crippen LogP contribution in [0.25, 0.3) is 0 Å². The zero-order valence-electron chi connectivity index (χ0n) is 9.11. The largest absolute Gasteiger partial charge is 0.369 e. The van der Waals surface area contributed by atoms with E-state index < -0.39 is 0 Å². The predicted octanol–water partition coefficient (Wildman–Crippen LogP) is 3.26. The van der Waals surface area contributed by atoms with Gasteiger partial charge in [0.2, 0.25) is 0 Å². The Hall–Kier alpha value is -0.660. The van der Waals surface area contributed by atoms with Gasteiger partial charge >= 0.3 is 0 Å². The standard InChI is InChI=1S/C12H13BrN2S/c1-9-8-15(4-5-16-9)12-3-2-10(7-14)6-11(12)13/h2-3,6,9H,4-5,8H2,1H3. The summed E-state index contributed by atoms with van der Waals surface area (Å²) in [6.45, 7) is 4.42. The fourth-order valence-corrected chi connectivity index (χ4v) is 3.51. The summed E-state index contributed by atoms with van der Waals surface area (Å²) in [6, 6.07) is 7.96. The van der Waals surface area contributed by atoms with Crippen molar-refractivity contribution >= 4 is 33.4 Å². The third-order valence-corrected chi connectivity index (χ3v) is 4.43. The van der Waals surface area contributed by atoms with Crippen LogP contribution < -0.4 is 4.90 Å². The summed E-state index contributed by atoms with van der Waals surface area (Å²) in [5, 5.41) is 9.49. The van der Waals surface area contributed by atoms with E-state index >= 15 is 0 Å². The second-order valence-electron chi connectivity index (χ2n) is 3.91. The van der Waals surface area contributed by atoms with Gasteiger partial charge in [-0.2, -0.15) is 17.0 Å². The Bertz CT molecular complexity index is 428. The smallest absolute Gasteiger partial charge is 0.0992 e. The van der Waals surface area contributed by atoms with Gasteiger partial charge in [0.15, 0.2) is 0 Å². The van der Waals surface area contributed by atoms with Crippen LogP contribution in [0.1, 0.15) is 12.5 Å². The first-order valence-corrected chi connectivity index (χ1v) is 7.11. The summed E-state index contributed by atoms with van der Waals surface area (Å²) >= 11 is 5.56. The highest BCUT2D eigenvalue weighted by Crippen LogP contribution is 2.30. The Kier molecular flexibility index (Phi) is 3.78. The molecule has 0 N–H and O–H groups in total. The molecular weight excluding hydrogens is 284 g/mol. The number of hydrogen-bond acceptors (Lipinski definition) is 3. The maximum Gasteiger partial charge on any atom is 0.0992 e. The molecule has 2 nitrogen and oxygen atoms in total. The molecule has 0 radical (unpaired) electrons. The van der Waals surface area contributed by atoms with Crippen molar-refractivity contribution in [2.75, 3.05) is 23.7 Å². The first-order valence-electron chi connectivity index (χ1n) is 5.27. The molecule has 84 valence electrons. The number of hydrogen-bond donors (Lipinski definition) is 0. The molecule has 1 fully saturated rings. The molecule has 0 aliphatic carbocycles. The van der Waals surface area contributed by atoms with Crippen molar-refractivity contribution in [1.82, 2.24) is 0 Å². The minimum Gasteiger partial charge on any atom is -0.369 e. The predicted molar refractivity (Wildman–Crippen MR) is 73.0 cm³/mol. The van der Waals surface area contributed by atoms with E-state index in [9.17, 15) is 0 Å². The fourth-order valence-electron chi connectivity index (χ4n) is 1.87. The Balaban J connectivity index is 2.23. The van der Waals surface area contributed by atoms with E-state index in [1.807, 2.05) is 30.0 Å². The van der Waals surface area contributed by atoms with Crippen LogP contribution >= 0.6 is 27.7 Å². The second-order valence-corrected chi connectivity index (χ2v) is 6.31. The zero-order chi connectivity index (χ0) is 11.5. The number of anilines is 1. The highest BCUT2D eigenvalue weighted by molar-refractivity contribution is 9.10. The van der Waals surface area contributed by atoms with Crippen LogP contribution in [0, 0.1) is 11.3 Å². The third-order valence-electron chi connectivity index (χ3n) is 2.66. The zero-order valence-corrected chi connectivity index (χ0v) is 11.5. The molecule has 0 aromatic heterocycles. The van der Waals surface area contributed by atoms with E-state index in [0.29, 0.717) is 10.8 Å². The van der Waals surface area contributed by atoms with Crippen molar-refractivity contribution < 1.29 is 0 Å². The molecular formula is C12H13BrN2S. The van der Waals surface area contributed by atoms with Crippen LogP contribution in [0.3, 0.4) is 0 Å². The Morgan fingerprint density at radius 2 is 2.38 bits per heavy atom. The lowest BCUT2D eigenvalue weighted by Gasteiger charge is -2.33. The summed E-state index contributed by atoms with van der Waals surface area (Å²) in [6.07, 6.45) is 0. The van der Waals surface area contributed by atoms with E-state index in [2.05, 4.69) is 33.8 Å². The van der Waals surface area contributed by atoms with Crippen LogP contribution in [-0.4, -0.2) is 24.1 Å². The molecule has 1 saturated heterocycles. The van der Waals surface area contributed by atoms with Gasteiger partial charge in [0.25, 0.3) is 0 Å². The van der Waals surface area contributed by atoms with Crippen LogP contribution in [-0.2, 0) is 0 Å². The minimum absolute atomic E-state index is 0.677. The number of thioether (sulfide) groups is 1. The average molecular weight is 297 g/mol. The molecule has 1 atom stereocenters. The Morgan fingerprint density at radius 1 is 1.56 bits per heavy atom. The highest BCUT2D eigenvalue weighted by atomic mass is 79.9. The fraction of sp³-hybridized carbons (Fsp3) is 0.417. The number of rotatable bonds is 1. The van der Waals surface area contributed by atoms with Crippen molar-refractivity contribution in [3.05, 3.63) is 28.2 Å². The summed E-state index contributed by atoms with van der Waals surface area (Å²) < 4.78 is 1.02. The first kappa shape index (κ1) is 11.8. The minimum atomic E-state index is 0.677. The molecule has 1 heterocycles. The molecule has 4 heteroatoms. The summed E-state index contributed by atoms with van der Waals surface area (Å²) in [5.41, 5.74) is 1.90. The van der Waals surface area contributed by atoms with Gasteiger partial charge in [-0.1, -0.05) is 6.92 Å². The maximum atomic E-state index is 8.82. The van der Waals surface area contributed by atoms with Gasteiger partial charge in [0.1, 0.15) is 0 Å². The quantitative estimate of drug-likeness (QED) is 0.796. The molecule has 1 unspecified atom stereocenters.